The normalized spacial score (nSPS) is 11.0. The zero-order valence-electron chi connectivity index (χ0n) is 13.9. The van der Waals surface area contributed by atoms with Gasteiger partial charge in [0.15, 0.2) is 0 Å². The van der Waals surface area contributed by atoms with Gasteiger partial charge in [-0.25, -0.2) is 4.98 Å². The topological polar surface area (TPSA) is 78.4 Å². The van der Waals surface area contributed by atoms with Gasteiger partial charge in [0.2, 0.25) is 0 Å². The van der Waals surface area contributed by atoms with E-state index < -0.39 is 7.12 Å². The zero-order chi connectivity index (χ0) is 17.1. The van der Waals surface area contributed by atoms with Crippen LogP contribution < -0.4 is 10.2 Å². The number of hydrogen-bond donors (Lipinski definition) is 3. The second kappa shape index (κ2) is 7.07. The third-order valence-corrected chi connectivity index (χ3v) is 3.93. The van der Waals surface area contributed by atoms with E-state index >= 15 is 0 Å². The first kappa shape index (κ1) is 16.5. The van der Waals surface area contributed by atoms with Gasteiger partial charge in [-0.15, -0.1) is 0 Å². The number of ether oxygens (including phenoxy) is 1. The average Bonchev–Trinajstić information content (AvgIpc) is 2.99. The van der Waals surface area contributed by atoms with Gasteiger partial charge in [-0.2, -0.15) is 0 Å². The van der Waals surface area contributed by atoms with Crippen molar-refractivity contribution in [2.45, 2.75) is 26.7 Å². The average molecular weight is 324 g/mol. The van der Waals surface area contributed by atoms with Crippen molar-refractivity contribution in [3.63, 3.8) is 0 Å². The fourth-order valence-electron chi connectivity index (χ4n) is 2.73. The molecular weight excluding hydrogens is 303 g/mol. The fourth-order valence-corrected chi connectivity index (χ4v) is 2.73. The van der Waals surface area contributed by atoms with Gasteiger partial charge in [0, 0.05) is 5.46 Å². The van der Waals surface area contributed by atoms with Gasteiger partial charge in [-0.1, -0.05) is 37.1 Å². The Morgan fingerprint density at radius 1 is 1.21 bits per heavy atom. The minimum atomic E-state index is -1.59. The second-order valence-corrected chi connectivity index (χ2v) is 5.91. The first-order valence-electron chi connectivity index (χ1n) is 8.18. The van der Waals surface area contributed by atoms with Crippen LogP contribution in [0.15, 0.2) is 36.4 Å². The molecule has 0 amide bonds. The van der Waals surface area contributed by atoms with Crippen molar-refractivity contribution in [2.75, 3.05) is 6.61 Å². The largest absolute Gasteiger partial charge is 0.493 e. The van der Waals surface area contributed by atoms with E-state index in [4.69, 9.17) is 4.74 Å². The molecule has 3 aromatic rings. The number of aryl methyl sites for hydroxylation is 1. The molecule has 124 valence electrons. The molecule has 3 N–H and O–H groups in total. The molecule has 1 aromatic heterocycles. The number of aromatic nitrogens is 2. The summed E-state index contributed by atoms with van der Waals surface area (Å²) >= 11 is 0. The van der Waals surface area contributed by atoms with E-state index in [2.05, 4.69) is 16.9 Å². The molecule has 2 aromatic carbocycles. The Bertz CT molecular complexity index is 812. The summed E-state index contributed by atoms with van der Waals surface area (Å²) in [6.07, 6.45) is 1.90. The molecule has 0 fully saturated rings. The number of hydrogen-bond acceptors (Lipinski definition) is 4. The summed E-state index contributed by atoms with van der Waals surface area (Å²) < 4.78 is 5.90. The molecule has 0 saturated heterocycles. The first-order valence-corrected chi connectivity index (χ1v) is 8.18. The van der Waals surface area contributed by atoms with E-state index in [1.165, 1.54) is 0 Å². The van der Waals surface area contributed by atoms with Gasteiger partial charge in [0.05, 0.1) is 23.2 Å². The van der Waals surface area contributed by atoms with Crippen molar-refractivity contribution in [3.05, 3.63) is 42.0 Å². The van der Waals surface area contributed by atoms with Crippen LogP contribution in [0, 0.1) is 6.92 Å². The Morgan fingerprint density at radius 2 is 2.00 bits per heavy atom. The summed E-state index contributed by atoms with van der Waals surface area (Å²) in [5, 5.41) is 19.5. The highest BCUT2D eigenvalue weighted by Gasteiger charge is 2.23. The molecule has 0 spiro atoms. The molecule has 24 heavy (non-hydrogen) atoms. The Hall–Kier alpha value is -2.31. The Morgan fingerprint density at radius 3 is 2.71 bits per heavy atom. The van der Waals surface area contributed by atoms with E-state index in [1.54, 1.807) is 6.07 Å². The smallest absolute Gasteiger partial charge is 0.492 e. The molecule has 3 rings (SSSR count). The van der Waals surface area contributed by atoms with E-state index in [-0.39, 0.29) is 0 Å². The molecule has 0 saturated carbocycles. The summed E-state index contributed by atoms with van der Waals surface area (Å²) in [5.41, 5.74) is 3.81. The van der Waals surface area contributed by atoms with Crippen molar-refractivity contribution < 1.29 is 14.8 Å². The quantitative estimate of drug-likeness (QED) is 0.481. The number of H-pyrrole nitrogens is 1. The van der Waals surface area contributed by atoms with Gasteiger partial charge in [0.25, 0.3) is 0 Å². The monoisotopic (exact) mass is 324 g/mol. The van der Waals surface area contributed by atoms with Gasteiger partial charge < -0.3 is 19.8 Å². The molecule has 6 heteroatoms. The number of nitrogens with zero attached hydrogens (tertiary/aromatic N) is 1. The van der Waals surface area contributed by atoms with Gasteiger partial charge in [-0.3, -0.25) is 0 Å². The first-order chi connectivity index (χ1) is 11.6. The Kier molecular flexibility index (Phi) is 4.88. The fraction of sp³-hybridized carbons (Fsp3) is 0.278. The van der Waals surface area contributed by atoms with Crippen LogP contribution in [0.25, 0.3) is 22.4 Å². The predicted octanol–water partition coefficient (Wildman–Crippen LogP) is 2.40. The maximum atomic E-state index is 9.74. The third kappa shape index (κ3) is 3.30. The van der Waals surface area contributed by atoms with Crippen molar-refractivity contribution in [1.29, 1.82) is 0 Å². The molecule has 0 unspecified atom stereocenters. The number of unbranched alkanes of at least 4 members (excludes halogenated alkanes) is 1. The highest BCUT2D eigenvalue weighted by Crippen LogP contribution is 2.30. The van der Waals surface area contributed by atoms with Crippen molar-refractivity contribution in [1.82, 2.24) is 9.97 Å². The lowest BCUT2D eigenvalue weighted by molar-refractivity contribution is 0.311. The molecule has 0 aliphatic heterocycles. The van der Waals surface area contributed by atoms with Gasteiger partial charge in [-0.05, 0) is 31.5 Å². The molecule has 0 atom stereocenters. The van der Waals surface area contributed by atoms with Crippen LogP contribution in [0.3, 0.4) is 0 Å². The molecule has 0 radical (unpaired) electrons. The summed E-state index contributed by atoms with van der Waals surface area (Å²) in [4.78, 5) is 7.90. The van der Waals surface area contributed by atoms with Crippen LogP contribution in [0.1, 0.15) is 25.3 Å². The number of benzene rings is 2. The van der Waals surface area contributed by atoms with E-state index in [1.807, 2.05) is 37.3 Å². The lowest BCUT2D eigenvalue weighted by Crippen LogP contribution is -2.32. The molecule has 0 aliphatic rings. The maximum Gasteiger partial charge on any atom is 0.492 e. The molecule has 0 aliphatic carbocycles. The number of aromatic amines is 1. The highest BCUT2D eigenvalue weighted by molar-refractivity contribution is 6.60. The molecule has 1 heterocycles. The predicted molar refractivity (Wildman–Crippen MR) is 96.5 cm³/mol. The van der Waals surface area contributed by atoms with E-state index in [0.717, 1.165) is 35.0 Å². The minimum absolute atomic E-state index is 0.363. The third-order valence-electron chi connectivity index (χ3n) is 3.93. The highest BCUT2D eigenvalue weighted by atomic mass is 16.5. The molecular formula is C18H21BN2O3. The van der Waals surface area contributed by atoms with Crippen LogP contribution in [-0.4, -0.2) is 33.7 Å². The van der Waals surface area contributed by atoms with Gasteiger partial charge >= 0.3 is 7.12 Å². The zero-order valence-corrected chi connectivity index (χ0v) is 13.9. The van der Waals surface area contributed by atoms with Crippen molar-refractivity contribution in [2.24, 2.45) is 0 Å². The molecule has 0 bridgehead atoms. The van der Waals surface area contributed by atoms with E-state index in [0.29, 0.717) is 23.6 Å². The minimum Gasteiger partial charge on any atom is -0.493 e. The van der Waals surface area contributed by atoms with Crippen LogP contribution in [0.4, 0.5) is 0 Å². The number of fused-ring (bicyclic) bond motifs is 1. The maximum absolute atomic E-state index is 9.74. The van der Waals surface area contributed by atoms with Crippen molar-refractivity contribution in [3.8, 4) is 17.1 Å². The van der Waals surface area contributed by atoms with Crippen LogP contribution >= 0.6 is 0 Å². The lowest BCUT2D eigenvalue weighted by atomic mass is 9.77. The Balaban J connectivity index is 2.13. The van der Waals surface area contributed by atoms with Crippen LogP contribution in [0.2, 0.25) is 0 Å². The Labute approximate surface area is 141 Å². The number of rotatable bonds is 6. The number of para-hydroxylation sites is 2. The molecule has 5 nitrogen and oxygen atoms in total. The SMILES string of the molecule is CCCCOc1c(B(O)O)cc(C)cc1-c1nc2ccccc2[nH]1. The number of nitrogens with one attached hydrogen (secondary N) is 1. The van der Waals surface area contributed by atoms with Crippen LogP contribution in [-0.2, 0) is 0 Å². The van der Waals surface area contributed by atoms with Crippen LogP contribution in [0.5, 0.6) is 5.75 Å². The number of imidazole rings is 1. The summed E-state index contributed by atoms with van der Waals surface area (Å²) in [7, 11) is -1.59. The second-order valence-electron chi connectivity index (χ2n) is 5.91. The summed E-state index contributed by atoms with van der Waals surface area (Å²) in [6, 6.07) is 11.5. The van der Waals surface area contributed by atoms with Crippen molar-refractivity contribution >= 4 is 23.6 Å². The lowest BCUT2D eigenvalue weighted by Gasteiger charge is -2.16. The van der Waals surface area contributed by atoms with E-state index in [9.17, 15) is 10.0 Å². The summed E-state index contributed by atoms with van der Waals surface area (Å²) in [6.45, 7) is 4.51. The summed E-state index contributed by atoms with van der Waals surface area (Å²) in [5.74, 6) is 1.14. The standard InChI is InChI=1S/C18H21BN2O3/c1-3-4-9-24-17-13(10-12(2)11-14(17)19(22)23)18-20-15-7-5-6-8-16(15)21-18/h5-8,10-11,22-23H,3-4,9H2,1-2H3,(H,20,21). The van der Waals surface area contributed by atoms with Gasteiger partial charge in [0.1, 0.15) is 11.6 Å².